The normalized spacial score (nSPS) is 20.6. The fraction of sp³-hybridized carbons (Fsp3) is 0.350. The van der Waals surface area contributed by atoms with Gasteiger partial charge in [-0.25, -0.2) is 9.82 Å². The number of nitrogens with zero attached hydrogens (tertiary/aromatic N) is 1. The first-order valence-electron chi connectivity index (χ1n) is 8.90. The zero-order chi connectivity index (χ0) is 19.4. The second kappa shape index (κ2) is 8.80. The summed E-state index contributed by atoms with van der Waals surface area (Å²) in [5, 5.41) is 3.73. The van der Waals surface area contributed by atoms with Gasteiger partial charge in [-0.05, 0) is 43.4 Å². The SMILES string of the molecule is CN(C)C(CNC(=O)C1CNNC1c1ccc(F)cc1)c1ccccc1Cl. The standard InChI is InChI=1S/C20H24ClFN4O/c1-26(2)18(15-5-3-4-6-17(15)21)12-23-20(27)16-11-24-25-19(16)13-7-9-14(22)10-8-13/h3-10,16,18-19,24-25H,11-12H2,1-2H3,(H,23,27). The number of likely N-dealkylation sites (N-methyl/N-ethyl adjacent to an activating group) is 1. The number of hydrogen-bond acceptors (Lipinski definition) is 4. The maximum atomic E-state index is 13.2. The highest BCUT2D eigenvalue weighted by atomic mass is 35.5. The first-order valence-corrected chi connectivity index (χ1v) is 9.27. The van der Waals surface area contributed by atoms with Gasteiger partial charge in [0.2, 0.25) is 5.91 Å². The zero-order valence-corrected chi connectivity index (χ0v) is 16.1. The number of rotatable bonds is 6. The third kappa shape index (κ3) is 4.65. The molecule has 7 heteroatoms. The summed E-state index contributed by atoms with van der Waals surface area (Å²) >= 11 is 6.33. The summed E-state index contributed by atoms with van der Waals surface area (Å²) in [4.78, 5) is 14.9. The first kappa shape index (κ1) is 19.8. The molecule has 3 rings (SSSR count). The monoisotopic (exact) mass is 390 g/mol. The van der Waals surface area contributed by atoms with Crippen molar-refractivity contribution in [3.05, 3.63) is 70.5 Å². The number of carbonyl (C=O) groups excluding carboxylic acids is 1. The molecule has 3 unspecified atom stereocenters. The summed E-state index contributed by atoms with van der Waals surface area (Å²) in [6.45, 7) is 0.953. The molecule has 144 valence electrons. The molecule has 5 nitrogen and oxygen atoms in total. The molecule has 3 atom stereocenters. The Kier molecular flexibility index (Phi) is 6.44. The van der Waals surface area contributed by atoms with Crippen LogP contribution in [0.15, 0.2) is 48.5 Å². The molecule has 0 spiro atoms. The number of benzene rings is 2. The van der Waals surface area contributed by atoms with E-state index in [2.05, 4.69) is 16.2 Å². The van der Waals surface area contributed by atoms with E-state index in [0.717, 1.165) is 11.1 Å². The smallest absolute Gasteiger partial charge is 0.226 e. The van der Waals surface area contributed by atoms with Gasteiger partial charge in [0.25, 0.3) is 0 Å². The molecule has 3 N–H and O–H groups in total. The maximum Gasteiger partial charge on any atom is 0.226 e. The predicted octanol–water partition coefficient (Wildman–Crippen LogP) is 2.66. The molecule has 1 fully saturated rings. The van der Waals surface area contributed by atoms with Crippen LogP contribution >= 0.6 is 11.6 Å². The summed E-state index contributed by atoms with van der Waals surface area (Å²) in [6, 6.07) is 13.6. The van der Waals surface area contributed by atoms with Crippen LogP contribution in [0.25, 0.3) is 0 Å². The molecule has 1 aliphatic rings. The number of carbonyl (C=O) groups is 1. The fourth-order valence-corrected chi connectivity index (χ4v) is 3.63. The van der Waals surface area contributed by atoms with Crippen molar-refractivity contribution >= 4 is 17.5 Å². The van der Waals surface area contributed by atoms with E-state index >= 15 is 0 Å². The third-order valence-electron chi connectivity index (χ3n) is 4.91. The molecule has 0 radical (unpaired) electrons. The van der Waals surface area contributed by atoms with E-state index in [-0.39, 0.29) is 29.7 Å². The molecular formula is C20H24ClFN4O. The summed E-state index contributed by atoms with van der Waals surface area (Å²) in [7, 11) is 3.92. The Morgan fingerprint density at radius 2 is 1.96 bits per heavy atom. The first-order chi connectivity index (χ1) is 13.0. The molecule has 2 aromatic rings. The van der Waals surface area contributed by atoms with Crippen molar-refractivity contribution in [1.29, 1.82) is 0 Å². The summed E-state index contributed by atoms with van der Waals surface area (Å²) in [5.41, 5.74) is 7.99. The second-order valence-corrected chi connectivity index (χ2v) is 7.31. The Balaban J connectivity index is 1.68. The van der Waals surface area contributed by atoms with Crippen LogP contribution in [0.3, 0.4) is 0 Å². The lowest BCUT2D eigenvalue weighted by Gasteiger charge is -2.27. The molecule has 27 heavy (non-hydrogen) atoms. The van der Waals surface area contributed by atoms with Crippen LogP contribution in [0, 0.1) is 11.7 Å². The summed E-state index contributed by atoms with van der Waals surface area (Å²) < 4.78 is 13.2. The van der Waals surface area contributed by atoms with Gasteiger partial charge in [-0.1, -0.05) is 41.9 Å². The lowest BCUT2D eigenvalue weighted by molar-refractivity contribution is -0.125. The minimum absolute atomic E-state index is 0.0331. The number of hydrazine groups is 1. The van der Waals surface area contributed by atoms with Gasteiger partial charge < -0.3 is 10.2 Å². The molecule has 1 amide bonds. The van der Waals surface area contributed by atoms with E-state index in [0.29, 0.717) is 18.1 Å². The van der Waals surface area contributed by atoms with Gasteiger partial charge in [0.05, 0.1) is 18.0 Å². The summed E-state index contributed by atoms with van der Waals surface area (Å²) in [6.07, 6.45) is 0. The number of hydrogen-bond donors (Lipinski definition) is 3. The lowest BCUT2D eigenvalue weighted by atomic mass is 9.94. The van der Waals surface area contributed by atoms with Gasteiger partial charge in [0.15, 0.2) is 0 Å². The minimum Gasteiger partial charge on any atom is -0.354 e. The van der Waals surface area contributed by atoms with Crippen molar-refractivity contribution in [3.8, 4) is 0 Å². The van der Waals surface area contributed by atoms with Crippen molar-refractivity contribution < 1.29 is 9.18 Å². The molecule has 2 aromatic carbocycles. The van der Waals surface area contributed by atoms with Crippen molar-refractivity contribution in [2.75, 3.05) is 27.2 Å². The predicted molar refractivity (Wildman–Crippen MR) is 105 cm³/mol. The van der Waals surface area contributed by atoms with Crippen LogP contribution in [-0.2, 0) is 4.79 Å². The van der Waals surface area contributed by atoms with Crippen molar-refractivity contribution in [3.63, 3.8) is 0 Å². The molecule has 1 saturated heterocycles. The second-order valence-electron chi connectivity index (χ2n) is 6.91. The van der Waals surface area contributed by atoms with Gasteiger partial charge in [0, 0.05) is 18.1 Å². The topological polar surface area (TPSA) is 56.4 Å². The van der Waals surface area contributed by atoms with Crippen molar-refractivity contribution in [1.82, 2.24) is 21.1 Å². The van der Waals surface area contributed by atoms with Crippen LogP contribution in [0.5, 0.6) is 0 Å². The number of halogens is 2. The van der Waals surface area contributed by atoms with Gasteiger partial charge >= 0.3 is 0 Å². The maximum absolute atomic E-state index is 13.2. The van der Waals surface area contributed by atoms with Crippen LogP contribution in [0.1, 0.15) is 23.2 Å². The van der Waals surface area contributed by atoms with Crippen molar-refractivity contribution in [2.45, 2.75) is 12.1 Å². The van der Waals surface area contributed by atoms with Crippen LogP contribution in [0.4, 0.5) is 4.39 Å². The largest absolute Gasteiger partial charge is 0.354 e. The summed E-state index contributed by atoms with van der Waals surface area (Å²) in [5.74, 6) is -0.635. The minimum atomic E-state index is -0.292. The lowest BCUT2D eigenvalue weighted by Crippen LogP contribution is -2.40. The zero-order valence-electron chi connectivity index (χ0n) is 15.4. The van der Waals surface area contributed by atoms with E-state index < -0.39 is 0 Å². The van der Waals surface area contributed by atoms with Gasteiger partial charge in [-0.3, -0.25) is 10.2 Å². The van der Waals surface area contributed by atoms with E-state index in [9.17, 15) is 9.18 Å². The number of nitrogens with one attached hydrogen (secondary N) is 3. The molecule has 1 heterocycles. The Morgan fingerprint density at radius 1 is 1.26 bits per heavy atom. The molecule has 0 aliphatic carbocycles. The molecular weight excluding hydrogens is 367 g/mol. The van der Waals surface area contributed by atoms with E-state index in [1.54, 1.807) is 12.1 Å². The Morgan fingerprint density at radius 3 is 2.63 bits per heavy atom. The van der Waals surface area contributed by atoms with Gasteiger partial charge in [-0.2, -0.15) is 0 Å². The highest BCUT2D eigenvalue weighted by Crippen LogP contribution is 2.27. The van der Waals surface area contributed by atoms with Gasteiger partial charge in [-0.15, -0.1) is 0 Å². The van der Waals surface area contributed by atoms with E-state index in [1.807, 2.05) is 43.3 Å². The fourth-order valence-electron chi connectivity index (χ4n) is 3.37. The molecule has 0 saturated carbocycles. The Hall–Kier alpha value is -1.99. The molecule has 1 aliphatic heterocycles. The highest BCUT2D eigenvalue weighted by molar-refractivity contribution is 6.31. The average Bonchev–Trinajstić information content (AvgIpc) is 3.13. The molecule has 0 bridgehead atoms. The molecule has 0 aromatic heterocycles. The van der Waals surface area contributed by atoms with Crippen LogP contribution in [-0.4, -0.2) is 38.0 Å². The Labute approximate surface area is 163 Å². The van der Waals surface area contributed by atoms with Crippen LogP contribution < -0.4 is 16.2 Å². The van der Waals surface area contributed by atoms with Gasteiger partial charge in [0.1, 0.15) is 5.82 Å². The van der Waals surface area contributed by atoms with E-state index in [1.165, 1.54) is 12.1 Å². The Bertz CT molecular complexity index is 784. The number of amides is 1. The highest BCUT2D eigenvalue weighted by Gasteiger charge is 2.34. The third-order valence-corrected chi connectivity index (χ3v) is 5.25. The van der Waals surface area contributed by atoms with Crippen molar-refractivity contribution in [2.24, 2.45) is 5.92 Å². The average molecular weight is 391 g/mol. The van der Waals surface area contributed by atoms with Crippen LogP contribution in [0.2, 0.25) is 5.02 Å². The quantitative estimate of drug-likeness (QED) is 0.709. The van der Waals surface area contributed by atoms with E-state index in [4.69, 9.17) is 11.6 Å².